The fraction of sp³-hybridized carbons (Fsp3) is 0.571. The van der Waals surface area contributed by atoms with Crippen LogP contribution >= 0.6 is 0 Å². The van der Waals surface area contributed by atoms with Crippen LogP contribution in [0.25, 0.3) is 0 Å². The average Bonchev–Trinajstić information content (AvgIpc) is 2.30. The van der Waals surface area contributed by atoms with E-state index in [4.69, 9.17) is 4.74 Å². The lowest BCUT2D eigenvalue weighted by molar-refractivity contribution is 0.387. The summed E-state index contributed by atoms with van der Waals surface area (Å²) in [4.78, 5) is 0. The number of ether oxygens (including phenoxy) is 1. The van der Waals surface area contributed by atoms with Crippen LogP contribution in [0.2, 0.25) is 0 Å². The highest BCUT2D eigenvalue weighted by Crippen LogP contribution is 2.12. The molecule has 0 amide bonds. The van der Waals surface area contributed by atoms with Crippen molar-refractivity contribution < 1.29 is 4.74 Å². The lowest BCUT2D eigenvalue weighted by Crippen LogP contribution is -1.94. The zero-order chi connectivity index (χ0) is 7.56. The van der Waals surface area contributed by atoms with Crippen molar-refractivity contribution in [1.82, 2.24) is 9.78 Å². The van der Waals surface area contributed by atoms with Gasteiger partial charge in [0.1, 0.15) is 0 Å². The maximum absolute atomic E-state index is 5.00. The summed E-state index contributed by atoms with van der Waals surface area (Å²) in [6.45, 7) is 4.92. The Morgan fingerprint density at radius 2 is 2.40 bits per heavy atom. The molecule has 3 nitrogen and oxygen atoms in total. The van der Waals surface area contributed by atoms with Crippen LogP contribution < -0.4 is 4.74 Å². The zero-order valence-corrected chi connectivity index (χ0v) is 6.59. The molecule has 0 saturated carbocycles. The van der Waals surface area contributed by atoms with Crippen LogP contribution in [-0.4, -0.2) is 16.9 Å². The van der Waals surface area contributed by atoms with Crippen LogP contribution in [-0.2, 0) is 6.54 Å². The summed E-state index contributed by atoms with van der Waals surface area (Å²) >= 11 is 0. The molecule has 0 aliphatic rings. The molecule has 0 saturated heterocycles. The zero-order valence-electron chi connectivity index (χ0n) is 6.59. The predicted octanol–water partition coefficient (Wildman–Crippen LogP) is 1.22. The number of rotatable bonds is 2. The standard InChI is InChI=1S/C7H12N2O/c1-4-9-5-6(2)7(8-9)10-3/h5H,4H2,1-3H3. The van der Waals surface area contributed by atoms with Gasteiger partial charge in [0, 0.05) is 18.3 Å². The Hall–Kier alpha value is -0.990. The molecule has 0 fully saturated rings. The summed E-state index contributed by atoms with van der Waals surface area (Å²) in [6, 6.07) is 0. The molecule has 1 rings (SSSR count). The molecule has 0 N–H and O–H groups in total. The second-order valence-corrected chi connectivity index (χ2v) is 2.18. The van der Waals surface area contributed by atoms with Crippen molar-refractivity contribution in [1.29, 1.82) is 0 Å². The molecule has 0 unspecified atom stereocenters. The van der Waals surface area contributed by atoms with Crippen molar-refractivity contribution in [3.8, 4) is 5.88 Å². The van der Waals surface area contributed by atoms with E-state index in [0.29, 0.717) is 0 Å². The molecule has 1 aromatic heterocycles. The van der Waals surface area contributed by atoms with Gasteiger partial charge in [-0.2, -0.15) is 0 Å². The van der Waals surface area contributed by atoms with Gasteiger partial charge in [-0.1, -0.05) is 0 Å². The van der Waals surface area contributed by atoms with E-state index < -0.39 is 0 Å². The van der Waals surface area contributed by atoms with Crippen LogP contribution in [0.15, 0.2) is 6.20 Å². The molecule has 0 radical (unpaired) electrons. The summed E-state index contributed by atoms with van der Waals surface area (Å²) in [5, 5.41) is 4.14. The van der Waals surface area contributed by atoms with Gasteiger partial charge in [-0.3, -0.25) is 4.68 Å². The van der Waals surface area contributed by atoms with Crippen molar-refractivity contribution in [2.24, 2.45) is 0 Å². The van der Waals surface area contributed by atoms with Gasteiger partial charge in [-0.25, -0.2) is 0 Å². The van der Waals surface area contributed by atoms with Crippen molar-refractivity contribution in [3.05, 3.63) is 11.8 Å². The number of hydrogen-bond donors (Lipinski definition) is 0. The predicted molar refractivity (Wildman–Crippen MR) is 39.2 cm³/mol. The summed E-state index contributed by atoms with van der Waals surface area (Å²) in [7, 11) is 1.63. The number of methoxy groups -OCH3 is 1. The van der Waals surface area contributed by atoms with Crippen LogP contribution in [0.1, 0.15) is 12.5 Å². The lowest BCUT2D eigenvalue weighted by atomic mass is 10.4. The molecule has 0 aromatic carbocycles. The quantitative estimate of drug-likeness (QED) is 0.617. The van der Waals surface area contributed by atoms with Gasteiger partial charge in [0.2, 0.25) is 5.88 Å². The van der Waals surface area contributed by atoms with E-state index >= 15 is 0 Å². The summed E-state index contributed by atoms with van der Waals surface area (Å²) in [5.74, 6) is 0.724. The first-order valence-electron chi connectivity index (χ1n) is 3.36. The Morgan fingerprint density at radius 1 is 1.70 bits per heavy atom. The second-order valence-electron chi connectivity index (χ2n) is 2.18. The molecule has 3 heteroatoms. The second kappa shape index (κ2) is 2.73. The molecular formula is C7H12N2O. The maximum atomic E-state index is 5.00. The van der Waals surface area contributed by atoms with Crippen molar-refractivity contribution >= 4 is 0 Å². The minimum Gasteiger partial charge on any atom is -0.480 e. The number of hydrogen-bond acceptors (Lipinski definition) is 2. The fourth-order valence-electron chi connectivity index (χ4n) is 0.867. The summed E-state index contributed by atoms with van der Waals surface area (Å²) < 4.78 is 6.85. The SMILES string of the molecule is CCn1cc(C)c(OC)n1. The van der Waals surface area contributed by atoms with Crippen LogP contribution in [0, 0.1) is 6.92 Å². The average molecular weight is 140 g/mol. The molecule has 0 atom stereocenters. The van der Waals surface area contributed by atoms with E-state index in [1.165, 1.54) is 0 Å². The smallest absolute Gasteiger partial charge is 0.235 e. The van der Waals surface area contributed by atoms with Gasteiger partial charge >= 0.3 is 0 Å². The van der Waals surface area contributed by atoms with Gasteiger partial charge in [-0.05, 0) is 13.8 Å². The summed E-state index contributed by atoms with van der Waals surface area (Å²) in [6.07, 6.45) is 1.97. The highest BCUT2D eigenvalue weighted by Gasteiger charge is 2.01. The molecule has 0 aliphatic carbocycles. The van der Waals surface area contributed by atoms with Gasteiger partial charge in [0.15, 0.2) is 0 Å². The normalized spacial score (nSPS) is 9.90. The van der Waals surface area contributed by atoms with E-state index in [0.717, 1.165) is 18.0 Å². The Labute approximate surface area is 60.6 Å². The Morgan fingerprint density at radius 3 is 2.70 bits per heavy atom. The van der Waals surface area contributed by atoms with E-state index in [-0.39, 0.29) is 0 Å². The minimum atomic E-state index is 0.724. The highest BCUT2D eigenvalue weighted by molar-refractivity contribution is 5.20. The van der Waals surface area contributed by atoms with Crippen molar-refractivity contribution in [3.63, 3.8) is 0 Å². The van der Waals surface area contributed by atoms with Gasteiger partial charge < -0.3 is 4.74 Å². The molecule has 10 heavy (non-hydrogen) atoms. The van der Waals surface area contributed by atoms with Gasteiger partial charge in [0.25, 0.3) is 0 Å². The number of aryl methyl sites for hydroxylation is 2. The van der Waals surface area contributed by atoms with E-state index in [9.17, 15) is 0 Å². The third-order valence-corrected chi connectivity index (χ3v) is 1.42. The fourth-order valence-corrected chi connectivity index (χ4v) is 0.867. The van der Waals surface area contributed by atoms with E-state index in [2.05, 4.69) is 5.10 Å². The molecule has 0 aliphatic heterocycles. The molecular weight excluding hydrogens is 128 g/mol. The first-order valence-corrected chi connectivity index (χ1v) is 3.36. The number of nitrogens with zero attached hydrogens (tertiary/aromatic N) is 2. The monoisotopic (exact) mass is 140 g/mol. The van der Waals surface area contributed by atoms with Crippen LogP contribution in [0.3, 0.4) is 0 Å². The molecule has 0 spiro atoms. The molecule has 1 aromatic rings. The van der Waals surface area contributed by atoms with Crippen LogP contribution in [0.5, 0.6) is 5.88 Å². The van der Waals surface area contributed by atoms with Crippen molar-refractivity contribution in [2.75, 3.05) is 7.11 Å². The topological polar surface area (TPSA) is 27.1 Å². The lowest BCUT2D eigenvalue weighted by Gasteiger charge is -1.92. The maximum Gasteiger partial charge on any atom is 0.235 e. The Kier molecular flexibility index (Phi) is 1.94. The third-order valence-electron chi connectivity index (χ3n) is 1.42. The van der Waals surface area contributed by atoms with Crippen molar-refractivity contribution in [2.45, 2.75) is 20.4 Å². The minimum absolute atomic E-state index is 0.724. The first kappa shape index (κ1) is 7.12. The molecule has 1 heterocycles. The van der Waals surface area contributed by atoms with Gasteiger partial charge in [0.05, 0.1) is 7.11 Å². The summed E-state index contributed by atoms with van der Waals surface area (Å²) in [5.41, 5.74) is 1.09. The van der Waals surface area contributed by atoms with E-state index in [1.807, 2.05) is 24.7 Å². The van der Waals surface area contributed by atoms with Crippen LogP contribution in [0.4, 0.5) is 0 Å². The third kappa shape index (κ3) is 1.12. The Balaban J connectivity index is 2.92. The largest absolute Gasteiger partial charge is 0.480 e. The van der Waals surface area contributed by atoms with E-state index in [1.54, 1.807) is 7.11 Å². The number of aromatic nitrogens is 2. The molecule has 0 bridgehead atoms. The molecule has 56 valence electrons. The van der Waals surface area contributed by atoms with Gasteiger partial charge in [-0.15, -0.1) is 5.10 Å². The first-order chi connectivity index (χ1) is 4.77. The Bertz CT molecular complexity index is 217. The highest BCUT2D eigenvalue weighted by atomic mass is 16.5.